The van der Waals surface area contributed by atoms with E-state index < -0.39 is 0 Å². The van der Waals surface area contributed by atoms with Gasteiger partial charge in [0, 0.05) is 15.6 Å². The predicted octanol–water partition coefficient (Wildman–Crippen LogP) is 5.16. The van der Waals surface area contributed by atoms with E-state index in [2.05, 4.69) is 21.2 Å². The smallest absolute Gasteiger partial charge is 0.254 e. The summed E-state index contributed by atoms with van der Waals surface area (Å²) in [5.74, 6) is 0.353. The largest absolute Gasteiger partial charge is 0.490 e. The molecular formula is C20H16BrCl2NO4. The number of imide groups is 1. The SMILES string of the molecule is CCOc1cc(/C=C2/CC(=O)NC2=O)cc(Br)c1OCc1cc(Cl)cc(Cl)c1. The van der Waals surface area contributed by atoms with Gasteiger partial charge in [-0.1, -0.05) is 23.2 Å². The van der Waals surface area contributed by atoms with Crippen molar-refractivity contribution in [2.24, 2.45) is 0 Å². The van der Waals surface area contributed by atoms with E-state index in [0.717, 1.165) is 5.56 Å². The molecule has 5 nitrogen and oxygen atoms in total. The van der Waals surface area contributed by atoms with Crippen molar-refractivity contribution in [2.45, 2.75) is 20.0 Å². The van der Waals surface area contributed by atoms with Crippen LogP contribution in [-0.4, -0.2) is 18.4 Å². The van der Waals surface area contributed by atoms with Gasteiger partial charge < -0.3 is 9.47 Å². The summed E-state index contributed by atoms with van der Waals surface area (Å²) in [5.41, 5.74) is 1.94. The quantitative estimate of drug-likeness (QED) is 0.454. The van der Waals surface area contributed by atoms with Crippen molar-refractivity contribution < 1.29 is 19.1 Å². The Morgan fingerprint density at radius 1 is 1.11 bits per heavy atom. The van der Waals surface area contributed by atoms with Gasteiger partial charge in [-0.2, -0.15) is 0 Å². The molecule has 0 spiro atoms. The molecule has 1 aliphatic rings. The van der Waals surface area contributed by atoms with Gasteiger partial charge in [0.25, 0.3) is 5.91 Å². The van der Waals surface area contributed by atoms with Gasteiger partial charge in [0.1, 0.15) is 6.61 Å². The Kier molecular flexibility index (Phi) is 6.65. The molecular weight excluding hydrogens is 469 g/mol. The molecule has 1 N–H and O–H groups in total. The number of hydrogen-bond acceptors (Lipinski definition) is 4. The van der Waals surface area contributed by atoms with E-state index >= 15 is 0 Å². The summed E-state index contributed by atoms with van der Waals surface area (Å²) in [7, 11) is 0. The second-order valence-electron chi connectivity index (χ2n) is 6.05. The van der Waals surface area contributed by atoms with Gasteiger partial charge in [0.2, 0.25) is 5.91 Å². The average Bonchev–Trinajstić information content (AvgIpc) is 2.90. The highest BCUT2D eigenvalue weighted by atomic mass is 79.9. The minimum Gasteiger partial charge on any atom is -0.490 e. The lowest BCUT2D eigenvalue weighted by atomic mass is 10.1. The third-order valence-corrected chi connectivity index (χ3v) is 4.90. The van der Waals surface area contributed by atoms with Gasteiger partial charge >= 0.3 is 0 Å². The molecule has 1 fully saturated rings. The zero-order valence-corrected chi connectivity index (χ0v) is 18.0. The van der Waals surface area contributed by atoms with Gasteiger partial charge in [-0.3, -0.25) is 14.9 Å². The summed E-state index contributed by atoms with van der Waals surface area (Å²) < 4.78 is 12.3. The molecule has 28 heavy (non-hydrogen) atoms. The molecule has 0 aromatic heterocycles. The van der Waals surface area contributed by atoms with Gasteiger partial charge in [0.05, 0.1) is 17.5 Å². The maximum atomic E-state index is 11.8. The molecule has 0 atom stereocenters. The number of benzene rings is 2. The summed E-state index contributed by atoms with van der Waals surface area (Å²) in [6, 6.07) is 8.76. The van der Waals surface area contributed by atoms with Crippen molar-refractivity contribution in [3.63, 3.8) is 0 Å². The van der Waals surface area contributed by atoms with Crippen molar-refractivity contribution in [1.82, 2.24) is 5.32 Å². The van der Waals surface area contributed by atoms with E-state index in [0.29, 0.717) is 43.8 Å². The third-order valence-electron chi connectivity index (χ3n) is 3.87. The number of ether oxygens (including phenoxy) is 2. The first-order valence-corrected chi connectivity index (χ1v) is 9.99. The first-order chi connectivity index (χ1) is 13.4. The molecule has 0 bridgehead atoms. The van der Waals surface area contributed by atoms with E-state index in [-0.39, 0.29) is 24.8 Å². The highest BCUT2D eigenvalue weighted by Crippen LogP contribution is 2.38. The second kappa shape index (κ2) is 8.99. The zero-order valence-electron chi connectivity index (χ0n) is 14.9. The topological polar surface area (TPSA) is 64.6 Å². The number of halogens is 3. The highest BCUT2D eigenvalue weighted by molar-refractivity contribution is 9.10. The minimum absolute atomic E-state index is 0.0637. The van der Waals surface area contributed by atoms with E-state index in [1.807, 2.05) is 6.92 Å². The van der Waals surface area contributed by atoms with Crippen molar-refractivity contribution in [2.75, 3.05) is 6.61 Å². The average molecular weight is 485 g/mol. The molecule has 146 valence electrons. The van der Waals surface area contributed by atoms with Crippen LogP contribution in [0.25, 0.3) is 6.08 Å². The van der Waals surface area contributed by atoms with Crippen LogP contribution in [-0.2, 0) is 16.2 Å². The van der Waals surface area contributed by atoms with Crippen molar-refractivity contribution in [3.8, 4) is 11.5 Å². The molecule has 1 saturated heterocycles. The van der Waals surface area contributed by atoms with Crippen LogP contribution < -0.4 is 14.8 Å². The number of carbonyl (C=O) groups is 2. The number of amides is 2. The van der Waals surface area contributed by atoms with Gasteiger partial charge in [-0.05, 0) is 70.4 Å². The fraction of sp³-hybridized carbons (Fsp3) is 0.200. The van der Waals surface area contributed by atoms with Crippen LogP contribution in [0, 0.1) is 0 Å². The molecule has 2 aromatic rings. The molecule has 2 aromatic carbocycles. The van der Waals surface area contributed by atoms with Gasteiger partial charge in [-0.25, -0.2) is 0 Å². The van der Waals surface area contributed by atoms with Crippen LogP contribution in [0.15, 0.2) is 40.4 Å². The van der Waals surface area contributed by atoms with Crippen molar-refractivity contribution >= 4 is 57.0 Å². The minimum atomic E-state index is -0.378. The Hall–Kier alpha value is -2.02. The normalized spacial score (nSPS) is 15.1. The fourth-order valence-electron chi connectivity index (χ4n) is 2.75. The molecule has 1 aliphatic heterocycles. The molecule has 8 heteroatoms. The van der Waals surface area contributed by atoms with Crippen LogP contribution >= 0.6 is 39.1 Å². The maximum Gasteiger partial charge on any atom is 0.254 e. The lowest BCUT2D eigenvalue weighted by Gasteiger charge is -2.15. The van der Waals surface area contributed by atoms with E-state index in [1.54, 1.807) is 36.4 Å². The lowest BCUT2D eigenvalue weighted by molar-refractivity contribution is -0.124. The summed E-state index contributed by atoms with van der Waals surface area (Å²) in [6.45, 7) is 2.55. The molecule has 1 heterocycles. The van der Waals surface area contributed by atoms with Crippen LogP contribution in [0.4, 0.5) is 0 Å². The number of hydrogen-bond donors (Lipinski definition) is 1. The maximum absolute atomic E-state index is 11.8. The zero-order chi connectivity index (χ0) is 20.3. The molecule has 0 saturated carbocycles. The highest BCUT2D eigenvalue weighted by Gasteiger charge is 2.24. The van der Waals surface area contributed by atoms with E-state index in [4.69, 9.17) is 32.7 Å². The molecule has 0 radical (unpaired) electrons. The number of rotatable bonds is 6. The van der Waals surface area contributed by atoms with Crippen LogP contribution in [0.3, 0.4) is 0 Å². The van der Waals surface area contributed by atoms with Crippen LogP contribution in [0.2, 0.25) is 10.0 Å². The Morgan fingerprint density at radius 3 is 2.43 bits per heavy atom. The Balaban J connectivity index is 1.87. The predicted molar refractivity (Wildman–Crippen MR) is 112 cm³/mol. The van der Waals surface area contributed by atoms with Crippen molar-refractivity contribution in [3.05, 3.63) is 61.5 Å². The van der Waals surface area contributed by atoms with Crippen LogP contribution in [0.5, 0.6) is 11.5 Å². The molecule has 0 aliphatic carbocycles. The monoisotopic (exact) mass is 483 g/mol. The second-order valence-corrected chi connectivity index (χ2v) is 7.78. The number of carbonyl (C=O) groups excluding carboxylic acids is 2. The summed E-state index contributed by atoms with van der Waals surface area (Å²) in [5, 5.41) is 3.32. The summed E-state index contributed by atoms with van der Waals surface area (Å²) >= 11 is 15.6. The van der Waals surface area contributed by atoms with Crippen molar-refractivity contribution in [1.29, 1.82) is 0 Å². The Morgan fingerprint density at radius 2 is 1.82 bits per heavy atom. The fourth-order valence-corrected chi connectivity index (χ4v) is 3.89. The number of nitrogens with one attached hydrogen (secondary N) is 1. The van der Waals surface area contributed by atoms with Gasteiger partial charge in [0.15, 0.2) is 11.5 Å². The molecule has 3 rings (SSSR count). The lowest BCUT2D eigenvalue weighted by Crippen LogP contribution is -2.19. The third kappa shape index (κ3) is 5.07. The molecule has 2 amide bonds. The van der Waals surface area contributed by atoms with Crippen LogP contribution in [0.1, 0.15) is 24.5 Å². The summed E-state index contributed by atoms with van der Waals surface area (Å²) in [6.07, 6.45) is 1.72. The summed E-state index contributed by atoms with van der Waals surface area (Å²) in [4.78, 5) is 23.1. The van der Waals surface area contributed by atoms with Gasteiger partial charge in [-0.15, -0.1) is 0 Å². The van der Waals surface area contributed by atoms with E-state index in [9.17, 15) is 9.59 Å². The first-order valence-electron chi connectivity index (χ1n) is 8.44. The molecule has 0 unspecified atom stereocenters. The Bertz CT molecular complexity index is 955. The van der Waals surface area contributed by atoms with E-state index in [1.165, 1.54) is 0 Å². The first kappa shape index (κ1) is 20.7. The Labute approximate surface area is 180 Å². The standard InChI is InChI=1S/C20H16BrCl2NO4/c1-2-27-17-7-11(3-13-8-18(25)24-20(13)26)6-16(21)19(17)28-10-12-4-14(22)9-15(23)5-12/h3-7,9H,2,8,10H2,1H3,(H,24,25,26)/b13-3-.